The first-order valence-corrected chi connectivity index (χ1v) is 12.5. The van der Waals surface area contributed by atoms with Gasteiger partial charge in [-0.1, -0.05) is 12.6 Å². The van der Waals surface area contributed by atoms with E-state index in [9.17, 15) is 10.1 Å². The Morgan fingerprint density at radius 2 is 2.03 bits per heavy atom. The number of nitrogens with one attached hydrogen (secondary N) is 3. The van der Waals surface area contributed by atoms with Crippen LogP contribution in [0.5, 0.6) is 5.75 Å². The molecule has 2 aromatic carbocycles. The number of aromatic nitrogens is 3. The molecule has 0 atom stereocenters. The Hall–Kier alpha value is -4.88. The van der Waals surface area contributed by atoms with E-state index in [0.717, 1.165) is 47.4 Å². The number of methoxy groups -OCH3 is 1. The Balaban J connectivity index is 1.66. The summed E-state index contributed by atoms with van der Waals surface area (Å²) in [5.74, 6) is 0.602. The molecule has 10 heteroatoms. The Labute approximate surface area is 227 Å². The normalized spacial score (nSPS) is 10.8. The van der Waals surface area contributed by atoms with E-state index in [-0.39, 0.29) is 5.91 Å². The van der Waals surface area contributed by atoms with E-state index >= 15 is 0 Å². The van der Waals surface area contributed by atoms with Crippen LogP contribution in [-0.2, 0) is 11.8 Å². The number of nitriles is 1. The van der Waals surface area contributed by atoms with Gasteiger partial charge in [-0.25, -0.2) is 9.97 Å². The average Bonchev–Trinajstić information content (AvgIpc) is 3.27. The van der Waals surface area contributed by atoms with Gasteiger partial charge >= 0.3 is 0 Å². The minimum atomic E-state index is -0.323. The van der Waals surface area contributed by atoms with Crippen LogP contribution in [-0.4, -0.2) is 59.6 Å². The number of fused-ring (bicyclic) bond motifs is 1. The van der Waals surface area contributed by atoms with E-state index in [2.05, 4.69) is 38.5 Å². The van der Waals surface area contributed by atoms with E-state index < -0.39 is 0 Å². The number of benzene rings is 2. The molecule has 1 amide bonds. The Bertz CT molecular complexity index is 1550. The lowest BCUT2D eigenvalue weighted by molar-refractivity contribution is -0.111. The molecule has 0 radical (unpaired) electrons. The Morgan fingerprint density at radius 3 is 2.74 bits per heavy atom. The summed E-state index contributed by atoms with van der Waals surface area (Å²) in [6.07, 6.45) is 5.82. The SMILES string of the molecule is C=CC(=O)Nc1cc(Nc2nccc(-c3cn(C)c4cc(C#N)ccc34)n2)c(OC)cc1NCCCN(C)C. The molecule has 0 unspecified atom stereocenters. The zero-order chi connectivity index (χ0) is 27.9. The van der Waals surface area contributed by atoms with Crippen LogP contribution < -0.4 is 20.7 Å². The second-order valence-corrected chi connectivity index (χ2v) is 9.26. The predicted molar refractivity (Wildman–Crippen MR) is 155 cm³/mol. The topological polar surface area (TPSA) is 120 Å². The molecule has 200 valence electrons. The number of hydrogen-bond donors (Lipinski definition) is 3. The second-order valence-electron chi connectivity index (χ2n) is 9.26. The van der Waals surface area contributed by atoms with Crippen LogP contribution in [0.3, 0.4) is 0 Å². The number of carbonyl (C=O) groups is 1. The monoisotopic (exact) mass is 524 g/mol. The molecule has 2 heterocycles. The number of amides is 1. The fourth-order valence-corrected chi connectivity index (χ4v) is 4.25. The van der Waals surface area contributed by atoms with Gasteiger partial charge in [-0.2, -0.15) is 5.26 Å². The molecule has 0 aliphatic rings. The number of ether oxygens (including phenoxy) is 1. The molecule has 39 heavy (non-hydrogen) atoms. The first-order chi connectivity index (χ1) is 18.8. The van der Waals surface area contributed by atoms with Gasteiger partial charge < -0.3 is 30.2 Å². The maximum atomic E-state index is 12.2. The summed E-state index contributed by atoms with van der Waals surface area (Å²) in [6, 6.07) is 13.2. The van der Waals surface area contributed by atoms with Gasteiger partial charge in [0.1, 0.15) is 5.75 Å². The molecule has 2 aromatic heterocycles. The molecular formula is C29H32N8O2. The van der Waals surface area contributed by atoms with E-state index in [4.69, 9.17) is 9.72 Å². The smallest absolute Gasteiger partial charge is 0.247 e. The van der Waals surface area contributed by atoms with Gasteiger partial charge in [0.2, 0.25) is 11.9 Å². The van der Waals surface area contributed by atoms with Crippen LogP contribution in [0.25, 0.3) is 22.2 Å². The highest BCUT2D eigenvalue weighted by Gasteiger charge is 2.15. The minimum Gasteiger partial charge on any atom is -0.494 e. The lowest BCUT2D eigenvalue weighted by Gasteiger charge is -2.18. The Kier molecular flexibility index (Phi) is 8.43. The van der Waals surface area contributed by atoms with E-state index in [1.54, 1.807) is 25.4 Å². The number of hydrogen-bond acceptors (Lipinski definition) is 8. The quantitative estimate of drug-likeness (QED) is 0.190. The summed E-state index contributed by atoms with van der Waals surface area (Å²) < 4.78 is 7.63. The van der Waals surface area contributed by atoms with Crippen molar-refractivity contribution in [1.29, 1.82) is 5.26 Å². The third-order valence-electron chi connectivity index (χ3n) is 6.18. The fraction of sp³-hybridized carbons (Fsp3) is 0.241. The predicted octanol–water partition coefficient (Wildman–Crippen LogP) is 4.75. The van der Waals surface area contributed by atoms with Gasteiger partial charge in [-0.05, 0) is 57.4 Å². The van der Waals surface area contributed by atoms with Crippen molar-refractivity contribution in [3.8, 4) is 23.1 Å². The molecule has 0 spiro atoms. The largest absolute Gasteiger partial charge is 0.494 e. The molecule has 10 nitrogen and oxygen atoms in total. The summed E-state index contributed by atoms with van der Waals surface area (Å²) in [6.45, 7) is 5.21. The second kappa shape index (κ2) is 12.1. The zero-order valence-electron chi connectivity index (χ0n) is 22.6. The van der Waals surface area contributed by atoms with Crippen molar-refractivity contribution in [1.82, 2.24) is 19.4 Å². The van der Waals surface area contributed by atoms with Crippen LogP contribution in [0.2, 0.25) is 0 Å². The highest BCUT2D eigenvalue weighted by molar-refractivity contribution is 6.02. The Morgan fingerprint density at radius 1 is 1.21 bits per heavy atom. The molecule has 0 aliphatic heterocycles. The van der Waals surface area contributed by atoms with Crippen molar-refractivity contribution in [3.05, 3.63) is 67.0 Å². The third-order valence-corrected chi connectivity index (χ3v) is 6.18. The van der Waals surface area contributed by atoms with Crippen molar-refractivity contribution in [3.63, 3.8) is 0 Å². The van der Waals surface area contributed by atoms with E-state index in [1.165, 1.54) is 6.08 Å². The van der Waals surface area contributed by atoms with Gasteiger partial charge in [-0.3, -0.25) is 4.79 Å². The van der Waals surface area contributed by atoms with Crippen molar-refractivity contribution < 1.29 is 9.53 Å². The van der Waals surface area contributed by atoms with Crippen LogP contribution >= 0.6 is 0 Å². The molecule has 0 saturated carbocycles. The summed E-state index contributed by atoms with van der Waals surface area (Å²) in [4.78, 5) is 23.4. The summed E-state index contributed by atoms with van der Waals surface area (Å²) in [5, 5.41) is 19.7. The van der Waals surface area contributed by atoms with Crippen LogP contribution in [0.15, 0.2) is 61.4 Å². The van der Waals surface area contributed by atoms with Gasteiger partial charge in [0, 0.05) is 48.5 Å². The van der Waals surface area contributed by atoms with Crippen LogP contribution in [0, 0.1) is 11.3 Å². The third kappa shape index (κ3) is 6.34. The number of rotatable bonds is 11. The van der Waals surface area contributed by atoms with Gasteiger partial charge in [0.25, 0.3) is 0 Å². The maximum Gasteiger partial charge on any atom is 0.247 e. The maximum absolute atomic E-state index is 12.2. The lowest BCUT2D eigenvalue weighted by Crippen LogP contribution is -2.17. The van der Waals surface area contributed by atoms with Gasteiger partial charge in [0.15, 0.2) is 0 Å². The molecule has 4 aromatic rings. The molecular weight excluding hydrogens is 492 g/mol. The number of carbonyl (C=O) groups excluding carboxylic acids is 1. The zero-order valence-corrected chi connectivity index (χ0v) is 22.6. The van der Waals surface area contributed by atoms with Crippen molar-refractivity contribution in [2.24, 2.45) is 7.05 Å². The molecule has 3 N–H and O–H groups in total. The van der Waals surface area contributed by atoms with Gasteiger partial charge in [0.05, 0.1) is 41.5 Å². The highest BCUT2D eigenvalue weighted by Crippen LogP contribution is 2.37. The lowest BCUT2D eigenvalue weighted by atomic mass is 10.1. The molecule has 0 fully saturated rings. The van der Waals surface area contributed by atoms with Crippen LogP contribution in [0.1, 0.15) is 12.0 Å². The summed E-state index contributed by atoms with van der Waals surface area (Å²) >= 11 is 0. The fourth-order valence-electron chi connectivity index (χ4n) is 4.25. The average molecular weight is 525 g/mol. The standard InChI is InChI=1S/C29H32N8O2/c1-6-28(38)33-24-15-25(27(39-5)16-23(24)31-11-7-13-36(2)3)35-29-32-12-10-22(34-29)21-18-37(4)26-14-19(17-30)8-9-20(21)26/h6,8-10,12,14-16,18,31H,1,7,11,13H2,2-5H3,(H,33,38)(H,32,34,35). The molecule has 0 saturated heterocycles. The van der Waals surface area contributed by atoms with Crippen molar-refractivity contribution in [2.75, 3.05) is 50.2 Å². The number of nitrogens with zero attached hydrogens (tertiary/aromatic N) is 5. The summed E-state index contributed by atoms with van der Waals surface area (Å²) in [5.41, 5.74) is 5.08. The summed E-state index contributed by atoms with van der Waals surface area (Å²) in [7, 11) is 7.58. The first kappa shape index (κ1) is 27.2. The highest BCUT2D eigenvalue weighted by atomic mass is 16.5. The van der Waals surface area contributed by atoms with Crippen molar-refractivity contribution in [2.45, 2.75) is 6.42 Å². The number of aryl methyl sites for hydroxylation is 1. The molecule has 0 bridgehead atoms. The van der Waals surface area contributed by atoms with Crippen LogP contribution in [0.4, 0.5) is 23.0 Å². The molecule has 0 aliphatic carbocycles. The number of anilines is 4. The molecule has 4 rings (SSSR count). The van der Waals surface area contributed by atoms with Crippen molar-refractivity contribution >= 4 is 39.8 Å². The van der Waals surface area contributed by atoms with E-state index in [1.807, 2.05) is 56.2 Å². The first-order valence-electron chi connectivity index (χ1n) is 12.5. The van der Waals surface area contributed by atoms with Gasteiger partial charge in [-0.15, -0.1) is 0 Å². The van der Waals surface area contributed by atoms with E-state index in [0.29, 0.717) is 28.6 Å². The minimum absolute atomic E-state index is 0.323.